The smallest absolute Gasteiger partial charge is 0.257 e. The van der Waals surface area contributed by atoms with Gasteiger partial charge in [0.05, 0.1) is 19.3 Å². The Kier molecular flexibility index (Phi) is 4.50. The van der Waals surface area contributed by atoms with E-state index in [-0.39, 0.29) is 12.5 Å². The van der Waals surface area contributed by atoms with Crippen molar-refractivity contribution < 1.29 is 14.3 Å². The van der Waals surface area contributed by atoms with Crippen LogP contribution in [0.3, 0.4) is 0 Å². The van der Waals surface area contributed by atoms with E-state index < -0.39 is 12.1 Å². The van der Waals surface area contributed by atoms with Gasteiger partial charge in [0.15, 0.2) is 6.10 Å². The highest BCUT2D eigenvalue weighted by Gasteiger charge is 2.32. The Morgan fingerprint density at radius 2 is 2.26 bits per heavy atom. The van der Waals surface area contributed by atoms with Crippen LogP contribution in [0.1, 0.15) is 11.7 Å². The van der Waals surface area contributed by atoms with E-state index in [0.717, 1.165) is 5.56 Å². The van der Waals surface area contributed by atoms with Crippen LogP contribution in [0.15, 0.2) is 30.3 Å². The maximum absolute atomic E-state index is 12.5. The van der Waals surface area contributed by atoms with Crippen molar-refractivity contribution in [1.82, 2.24) is 4.90 Å². The van der Waals surface area contributed by atoms with Crippen molar-refractivity contribution in [3.05, 3.63) is 35.9 Å². The molecule has 5 heteroatoms. The fourth-order valence-electron chi connectivity index (χ4n) is 2.13. The zero-order valence-electron chi connectivity index (χ0n) is 10.8. The van der Waals surface area contributed by atoms with Gasteiger partial charge in [-0.25, -0.2) is 0 Å². The highest BCUT2D eigenvalue weighted by Crippen LogP contribution is 2.21. The lowest BCUT2D eigenvalue weighted by Gasteiger charge is -2.33. The number of hydrogen-bond acceptors (Lipinski definition) is 4. The standard InChI is InChI=1S/C14H16N2O3/c1-18-13(11-5-3-2-4-6-11)14(17)16-7-8-19-10-12(16)9-15/h2-6,12-13H,7-8,10H2,1H3/t12-,13-/m0/s1. The van der Waals surface area contributed by atoms with Gasteiger partial charge >= 0.3 is 0 Å². The van der Waals surface area contributed by atoms with Crippen molar-refractivity contribution in [2.45, 2.75) is 12.1 Å². The number of amides is 1. The van der Waals surface area contributed by atoms with E-state index in [0.29, 0.717) is 13.2 Å². The lowest BCUT2D eigenvalue weighted by Crippen LogP contribution is -2.49. The molecule has 1 aliphatic heterocycles. The number of ether oxygens (including phenoxy) is 2. The number of rotatable bonds is 3. The number of methoxy groups -OCH3 is 1. The van der Waals surface area contributed by atoms with E-state index >= 15 is 0 Å². The molecule has 1 saturated heterocycles. The third kappa shape index (κ3) is 2.92. The zero-order valence-corrected chi connectivity index (χ0v) is 10.8. The van der Waals surface area contributed by atoms with Crippen molar-refractivity contribution in [3.8, 4) is 6.07 Å². The molecule has 5 nitrogen and oxygen atoms in total. The van der Waals surface area contributed by atoms with Gasteiger partial charge in [0.1, 0.15) is 6.04 Å². The average molecular weight is 260 g/mol. The molecule has 1 amide bonds. The number of carbonyl (C=O) groups excluding carboxylic acids is 1. The lowest BCUT2D eigenvalue weighted by atomic mass is 10.1. The molecule has 1 aromatic rings. The molecule has 0 radical (unpaired) electrons. The van der Waals surface area contributed by atoms with Crippen LogP contribution in [-0.2, 0) is 14.3 Å². The summed E-state index contributed by atoms with van der Waals surface area (Å²) in [6, 6.07) is 10.8. The maximum atomic E-state index is 12.5. The molecule has 1 aliphatic rings. The van der Waals surface area contributed by atoms with E-state index in [1.54, 1.807) is 0 Å². The summed E-state index contributed by atoms with van der Waals surface area (Å²) in [6.07, 6.45) is -0.671. The minimum absolute atomic E-state index is 0.191. The van der Waals surface area contributed by atoms with Crippen LogP contribution in [0.2, 0.25) is 0 Å². The van der Waals surface area contributed by atoms with Gasteiger partial charge in [-0.2, -0.15) is 5.26 Å². The Morgan fingerprint density at radius 3 is 2.89 bits per heavy atom. The van der Waals surface area contributed by atoms with Crippen LogP contribution < -0.4 is 0 Å². The Labute approximate surface area is 112 Å². The molecule has 0 N–H and O–H groups in total. The molecule has 1 heterocycles. The highest BCUT2D eigenvalue weighted by molar-refractivity contribution is 5.83. The van der Waals surface area contributed by atoms with Gasteiger partial charge in [0.2, 0.25) is 0 Å². The van der Waals surface area contributed by atoms with Gasteiger partial charge in [0.25, 0.3) is 5.91 Å². The molecular formula is C14H16N2O3. The Hall–Kier alpha value is -1.90. The molecule has 0 aliphatic carbocycles. The SMILES string of the molecule is CO[C@H](C(=O)N1CCOC[C@@H]1C#N)c1ccccc1. The predicted molar refractivity (Wildman–Crippen MR) is 68.1 cm³/mol. The minimum atomic E-state index is -0.671. The quantitative estimate of drug-likeness (QED) is 0.817. The first-order valence-electron chi connectivity index (χ1n) is 6.13. The third-order valence-electron chi connectivity index (χ3n) is 3.12. The molecule has 2 rings (SSSR count). The summed E-state index contributed by atoms with van der Waals surface area (Å²) in [7, 11) is 1.50. The number of morpholine rings is 1. The lowest BCUT2D eigenvalue weighted by molar-refractivity contribution is -0.149. The van der Waals surface area contributed by atoms with Gasteiger partial charge < -0.3 is 14.4 Å². The first-order valence-corrected chi connectivity index (χ1v) is 6.13. The van der Waals surface area contributed by atoms with Crippen LogP contribution in [0.25, 0.3) is 0 Å². The summed E-state index contributed by atoms with van der Waals surface area (Å²) in [5.41, 5.74) is 0.790. The molecule has 0 bridgehead atoms. The van der Waals surface area contributed by atoms with Gasteiger partial charge in [0, 0.05) is 13.7 Å². The summed E-state index contributed by atoms with van der Waals surface area (Å²) in [5.74, 6) is -0.191. The van der Waals surface area contributed by atoms with E-state index in [2.05, 4.69) is 6.07 Å². The molecule has 19 heavy (non-hydrogen) atoms. The fourth-order valence-corrected chi connectivity index (χ4v) is 2.13. The Morgan fingerprint density at radius 1 is 1.53 bits per heavy atom. The summed E-state index contributed by atoms with van der Waals surface area (Å²) >= 11 is 0. The summed E-state index contributed by atoms with van der Waals surface area (Å²) in [4.78, 5) is 14.0. The third-order valence-corrected chi connectivity index (χ3v) is 3.12. The van der Waals surface area contributed by atoms with Crippen LogP contribution in [0.5, 0.6) is 0 Å². The number of nitrogens with zero attached hydrogens (tertiary/aromatic N) is 2. The van der Waals surface area contributed by atoms with Crippen LogP contribution in [0.4, 0.5) is 0 Å². The molecule has 0 unspecified atom stereocenters. The first kappa shape index (κ1) is 13.5. The Balaban J connectivity index is 2.19. The number of hydrogen-bond donors (Lipinski definition) is 0. The van der Waals surface area contributed by atoms with Crippen molar-refractivity contribution in [3.63, 3.8) is 0 Å². The molecule has 2 atom stereocenters. The average Bonchev–Trinajstić information content (AvgIpc) is 2.49. The second-order valence-electron chi connectivity index (χ2n) is 4.28. The van der Waals surface area contributed by atoms with Gasteiger partial charge in [-0.15, -0.1) is 0 Å². The van der Waals surface area contributed by atoms with Gasteiger partial charge in [-0.05, 0) is 5.56 Å². The molecule has 0 spiro atoms. The van der Waals surface area contributed by atoms with Gasteiger partial charge in [-0.3, -0.25) is 4.79 Å². The molecule has 1 fully saturated rings. The number of nitriles is 1. The van der Waals surface area contributed by atoms with Crippen molar-refractivity contribution >= 4 is 5.91 Å². The highest BCUT2D eigenvalue weighted by atomic mass is 16.5. The van der Waals surface area contributed by atoms with Crippen molar-refractivity contribution in [2.24, 2.45) is 0 Å². The zero-order chi connectivity index (χ0) is 13.7. The maximum Gasteiger partial charge on any atom is 0.257 e. The van der Waals surface area contributed by atoms with E-state index in [1.165, 1.54) is 12.0 Å². The van der Waals surface area contributed by atoms with E-state index in [9.17, 15) is 4.79 Å². The van der Waals surface area contributed by atoms with Crippen LogP contribution in [-0.4, -0.2) is 43.7 Å². The largest absolute Gasteiger partial charge is 0.376 e. The number of carbonyl (C=O) groups is 1. The molecule has 100 valence electrons. The van der Waals surface area contributed by atoms with Crippen LogP contribution >= 0.6 is 0 Å². The number of benzene rings is 1. The van der Waals surface area contributed by atoms with Crippen LogP contribution in [0, 0.1) is 11.3 Å². The predicted octanol–water partition coefficient (Wildman–Crippen LogP) is 1.13. The molecule has 0 aromatic heterocycles. The monoisotopic (exact) mass is 260 g/mol. The van der Waals surface area contributed by atoms with Crippen molar-refractivity contribution in [2.75, 3.05) is 26.9 Å². The molecular weight excluding hydrogens is 244 g/mol. The van der Waals surface area contributed by atoms with E-state index in [4.69, 9.17) is 14.7 Å². The first-order chi connectivity index (χ1) is 9.27. The summed E-state index contributed by atoms with van der Waals surface area (Å²) in [5, 5.41) is 9.07. The second-order valence-corrected chi connectivity index (χ2v) is 4.28. The van der Waals surface area contributed by atoms with Gasteiger partial charge in [-0.1, -0.05) is 30.3 Å². The normalized spacial score (nSPS) is 20.6. The topological polar surface area (TPSA) is 62.6 Å². The van der Waals surface area contributed by atoms with E-state index in [1.807, 2.05) is 30.3 Å². The second kappa shape index (κ2) is 6.32. The minimum Gasteiger partial charge on any atom is -0.376 e. The molecule has 1 aromatic carbocycles. The summed E-state index contributed by atoms with van der Waals surface area (Å²) < 4.78 is 10.5. The summed E-state index contributed by atoms with van der Waals surface area (Å²) in [6.45, 7) is 1.13. The fraction of sp³-hybridized carbons (Fsp3) is 0.429. The Bertz CT molecular complexity index is 469. The van der Waals surface area contributed by atoms with Crippen molar-refractivity contribution in [1.29, 1.82) is 5.26 Å². The molecule has 0 saturated carbocycles.